The van der Waals surface area contributed by atoms with Gasteiger partial charge in [-0.2, -0.15) is 0 Å². The SMILES string of the molecule is COc1nc(-c2cccc(-c3cccc(-c4ccc5c(ccn5CCN(C)C)c4)c3Cl)c2Cl)ccc1C=O. The number of methoxy groups -OCH3 is 1. The summed E-state index contributed by atoms with van der Waals surface area (Å²) in [4.78, 5) is 18.0. The third-order valence-electron chi connectivity index (χ3n) is 6.64. The van der Waals surface area contributed by atoms with Crippen molar-refractivity contribution in [1.29, 1.82) is 0 Å². The van der Waals surface area contributed by atoms with Gasteiger partial charge in [0, 0.05) is 52.4 Å². The van der Waals surface area contributed by atoms with E-state index in [2.05, 4.69) is 59.0 Å². The second kappa shape index (κ2) is 11.0. The molecule has 5 nitrogen and oxygen atoms in total. The lowest BCUT2D eigenvalue weighted by molar-refractivity contribution is 0.112. The number of nitrogens with zero attached hydrogens (tertiary/aromatic N) is 3. The van der Waals surface area contributed by atoms with E-state index in [0.29, 0.717) is 21.3 Å². The molecule has 0 atom stereocenters. The molecule has 0 unspecified atom stereocenters. The minimum Gasteiger partial charge on any atom is -0.480 e. The van der Waals surface area contributed by atoms with Gasteiger partial charge >= 0.3 is 0 Å². The van der Waals surface area contributed by atoms with E-state index in [9.17, 15) is 4.79 Å². The molecular weight excluding hydrogens is 517 g/mol. The topological polar surface area (TPSA) is 47.4 Å². The van der Waals surface area contributed by atoms with E-state index < -0.39 is 0 Å². The molecule has 0 amide bonds. The molecule has 0 fully saturated rings. The van der Waals surface area contributed by atoms with Crippen LogP contribution >= 0.6 is 23.2 Å². The number of hydrogen-bond acceptors (Lipinski definition) is 4. The number of rotatable bonds is 8. The van der Waals surface area contributed by atoms with Gasteiger partial charge in [0.2, 0.25) is 5.88 Å². The summed E-state index contributed by atoms with van der Waals surface area (Å²) in [5, 5.41) is 2.31. The first-order valence-corrected chi connectivity index (χ1v) is 13.0. The molecule has 0 radical (unpaired) electrons. The largest absolute Gasteiger partial charge is 0.480 e. The summed E-state index contributed by atoms with van der Waals surface area (Å²) in [5.41, 5.74) is 6.51. The fourth-order valence-electron chi connectivity index (χ4n) is 4.63. The molecule has 7 heteroatoms. The number of halogens is 2. The Balaban J connectivity index is 1.54. The smallest absolute Gasteiger partial charge is 0.224 e. The van der Waals surface area contributed by atoms with E-state index in [-0.39, 0.29) is 5.88 Å². The first-order valence-electron chi connectivity index (χ1n) is 12.2. The Hall–Kier alpha value is -3.64. The van der Waals surface area contributed by atoms with Crippen LogP contribution in [0.5, 0.6) is 5.88 Å². The van der Waals surface area contributed by atoms with Gasteiger partial charge in [0.25, 0.3) is 0 Å². The number of likely N-dealkylation sites (N-methyl/N-ethyl adjacent to an activating group) is 1. The molecule has 0 bridgehead atoms. The number of hydrogen-bond donors (Lipinski definition) is 0. The van der Waals surface area contributed by atoms with Crippen LogP contribution in [0.25, 0.3) is 44.4 Å². The van der Waals surface area contributed by atoms with E-state index in [4.69, 9.17) is 27.9 Å². The fraction of sp³-hybridized carbons (Fsp3) is 0.161. The first kappa shape index (κ1) is 26.0. The van der Waals surface area contributed by atoms with Crippen LogP contribution in [0, 0.1) is 0 Å². The van der Waals surface area contributed by atoms with Crippen LogP contribution in [0.3, 0.4) is 0 Å². The van der Waals surface area contributed by atoms with Crippen LogP contribution in [0.4, 0.5) is 0 Å². The zero-order chi connectivity index (χ0) is 26.8. The molecule has 0 aliphatic heterocycles. The van der Waals surface area contributed by atoms with Crippen LogP contribution in [-0.4, -0.2) is 48.5 Å². The Morgan fingerprint density at radius 2 is 1.58 bits per heavy atom. The molecule has 0 saturated carbocycles. The number of carbonyl (C=O) groups is 1. The number of carbonyl (C=O) groups excluding carboxylic acids is 1. The Kier molecular flexibility index (Phi) is 7.52. The predicted octanol–water partition coefficient (Wildman–Crippen LogP) is 7.73. The third-order valence-corrected chi connectivity index (χ3v) is 7.46. The summed E-state index contributed by atoms with van der Waals surface area (Å²) in [7, 11) is 5.65. The summed E-state index contributed by atoms with van der Waals surface area (Å²) in [6.07, 6.45) is 2.85. The maximum absolute atomic E-state index is 11.3. The maximum atomic E-state index is 11.3. The highest BCUT2D eigenvalue weighted by molar-refractivity contribution is 6.39. The normalized spacial score (nSPS) is 11.3. The monoisotopic (exact) mass is 543 g/mol. The number of ether oxygens (including phenoxy) is 1. The van der Waals surface area contributed by atoms with Gasteiger partial charge in [-0.15, -0.1) is 0 Å². The average Bonchev–Trinajstić information content (AvgIpc) is 3.34. The minimum atomic E-state index is 0.255. The van der Waals surface area contributed by atoms with E-state index >= 15 is 0 Å². The predicted molar refractivity (Wildman–Crippen MR) is 157 cm³/mol. The van der Waals surface area contributed by atoms with Gasteiger partial charge in [-0.05, 0) is 50.0 Å². The lowest BCUT2D eigenvalue weighted by Crippen LogP contribution is -2.17. The number of aldehydes is 1. The Morgan fingerprint density at radius 3 is 2.26 bits per heavy atom. The summed E-state index contributed by atoms with van der Waals surface area (Å²) in [6, 6.07) is 23.8. The van der Waals surface area contributed by atoms with Gasteiger partial charge in [0.05, 0.1) is 28.4 Å². The number of pyridine rings is 1. The van der Waals surface area contributed by atoms with E-state index in [1.807, 2.05) is 36.4 Å². The second-order valence-electron chi connectivity index (χ2n) is 9.33. The van der Waals surface area contributed by atoms with Crippen molar-refractivity contribution in [3.63, 3.8) is 0 Å². The molecule has 5 rings (SSSR count). The molecule has 2 aromatic heterocycles. The standard InChI is InChI=1S/C31H27Cl2N3O2/c1-35(2)16-17-36-15-14-21-18-20(11-13-28(21)36)23-6-4-7-24(29(23)32)25-8-5-9-26(30(25)33)27-12-10-22(19-37)31(34-27)38-3/h4-15,18-19H,16-17H2,1-3H3. The van der Waals surface area contributed by atoms with Crippen LogP contribution in [0.2, 0.25) is 10.0 Å². The van der Waals surface area contributed by atoms with Crippen LogP contribution in [0.1, 0.15) is 10.4 Å². The number of fused-ring (bicyclic) bond motifs is 1. The Labute approximate surface area is 232 Å². The van der Waals surface area contributed by atoms with Gasteiger partial charge in [-0.3, -0.25) is 4.79 Å². The highest BCUT2D eigenvalue weighted by Crippen LogP contribution is 2.42. The summed E-state index contributed by atoms with van der Waals surface area (Å²) in [6.45, 7) is 1.91. The molecule has 5 aromatic rings. The molecular formula is C31H27Cl2N3O2. The van der Waals surface area contributed by atoms with E-state index in [1.54, 1.807) is 12.1 Å². The van der Waals surface area contributed by atoms with Crippen LogP contribution in [0.15, 0.2) is 79.0 Å². The van der Waals surface area contributed by atoms with Crippen molar-refractivity contribution in [2.45, 2.75) is 6.54 Å². The molecule has 3 aromatic carbocycles. The van der Waals surface area contributed by atoms with E-state index in [0.717, 1.165) is 47.2 Å². The zero-order valence-electron chi connectivity index (χ0n) is 21.4. The van der Waals surface area contributed by atoms with Crippen molar-refractivity contribution < 1.29 is 9.53 Å². The lowest BCUT2D eigenvalue weighted by Gasteiger charge is -2.15. The van der Waals surface area contributed by atoms with Gasteiger partial charge in [0.15, 0.2) is 6.29 Å². The summed E-state index contributed by atoms with van der Waals surface area (Å²) >= 11 is 14.0. The maximum Gasteiger partial charge on any atom is 0.224 e. The third kappa shape index (κ3) is 4.93. The second-order valence-corrected chi connectivity index (χ2v) is 10.1. The van der Waals surface area contributed by atoms with Gasteiger partial charge < -0.3 is 14.2 Å². The lowest BCUT2D eigenvalue weighted by atomic mass is 9.96. The molecule has 2 heterocycles. The van der Waals surface area contributed by atoms with Crippen molar-refractivity contribution in [3.05, 3.63) is 94.6 Å². The number of aromatic nitrogens is 2. The highest BCUT2D eigenvalue weighted by atomic mass is 35.5. The van der Waals surface area contributed by atoms with Crippen LogP contribution in [-0.2, 0) is 6.54 Å². The van der Waals surface area contributed by atoms with Crippen molar-refractivity contribution in [2.24, 2.45) is 0 Å². The molecule has 0 N–H and O–H groups in total. The van der Waals surface area contributed by atoms with Gasteiger partial charge in [-0.1, -0.05) is 65.7 Å². The molecule has 0 saturated heterocycles. The van der Waals surface area contributed by atoms with Crippen molar-refractivity contribution in [3.8, 4) is 39.4 Å². The molecule has 0 spiro atoms. The van der Waals surface area contributed by atoms with E-state index in [1.165, 1.54) is 18.0 Å². The fourth-order valence-corrected chi connectivity index (χ4v) is 5.29. The number of benzene rings is 3. The summed E-state index contributed by atoms with van der Waals surface area (Å²) in [5.74, 6) is 0.255. The average molecular weight is 544 g/mol. The zero-order valence-corrected chi connectivity index (χ0v) is 22.9. The Bertz CT molecular complexity index is 1640. The van der Waals surface area contributed by atoms with Crippen molar-refractivity contribution in [1.82, 2.24) is 14.5 Å². The molecule has 0 aliphatic carbocycles. The van der Waals surface area contributed by atoms with Gasteiger partial charge in [0.1, 0.15) is 0 Å². The van der Waals surface area contributed by atoms with Gasteiger partial charge in [-0.25, -0.2) is 4.98 Å². The molecule has 192 valence electrons. The Morgan fingerprint density at radius 1 is 0.895 bits per heavy atom. The molecule has 38 heavy (non-hydrogen) atoms. The minimum absolute atomic E-state index is 0.255. The first-order chi connectivity index (χ1) is 18.4. The van der Waals surface area contributed by atoms with Crippen molar-refractivity contribution >= 4 is 40.4 Å². The van der Waals surface area contributed by atoms with Crippen molar-refractivity contribution in [2.75, 3.05) is 27.7 Å². The quantitative estimate of drug-likeness (QED) is 0.188. The van der Waals surface area contributed by atoms with Crippen LogP contribution < -0.4 is 4.74 Å². The summed E-state index contributed by atoms with van der Waals surface area (Å²) < 4.78 is 7.55. The molecule has 0 aliphatic rings. The highest BCUT2D eigenvalue weighted by Gasteiger charge is 2.17.